The van der Waals surface area contributed by atoms with Gasteiger partial charge in [-0.05, 0) is 31.7 Å². The molecule has 1 amide bonds. The van der Waals surface area contributed by atoms with Gasteiger partial charge in [0.2, 0.25) is 0 Å². The second kappa shape index (κ2) is 8.12. The van der Waals surface area contributed by atoms with Crippen LogP contribution in [-0.2, 0) is 4.79 Å². The lowest BCUT2D eigenvalue weighted by Crippen LogP contribution is -2.29. The Morgan fingerprint density at radius 3 is 2.95 bits per heavy atom. The van der Waals surface area contributed by atoms with Crippen molar-refractivity contribution in [1.82, 2.24) is 10.6 Å². The first-order valence-corrected chi connectivity index (χ1v) is 6.37. The molecule has 0 radical (unpaired) electrons. The van der Waals surface area contributed by atoms with Gasteiger partial charge in [0.25, 0.3) is 5.91 Å². The number of carbonyl (C=O) groups excluding carboxylic acids is 1. The van der Waals surface area contributed by atoms with Gasteiger partial charge in [-0.2, -0.15) is 5.26 Å². The molecule has 5 nitrogen and oxygen atoms in total. The molecule has 0 fully saturated rings. The van der Waals surface area contributed by atoms with Crippen LogP contribution in [0.25, 0.3) is 0 Å². The molecular weight excluding hydrogens is 261 g/mol. The predicted octanol–water partition coefficient (Wildman–Crippen LogP) is 1.51. The van der Waals surface area contributed by atoms with Crippen LogP contribution < -0.4 is 15.4 Å². The van der Waals surface area contributed by atoms with Crippen LogP contribution >= 0.6 is 0 Å². The van der Waals surface area contributed by atoms with E-state index in [0.717, 1.165) is 6.54 Å². The van der Waals surface area contributed by atoms with Gasteiger partial charge in [0.1, 0.15) is 18.1 Å². The molecule has 0 aliphatic heterocycles. The Balaban J connectivity index is 2.74. The monoisotopic (exact) mass is 279 g/mol. The molecule has 0 saturated heterocycles. The number of nitriles is 1. The number of carbonyl (C=O) groups is 1. The van der Waals surface area contributed by atoms with Gasteiger partial charge in [0, 0.05) is 11.6 Å². The molecule has 0 saturated carbocycles. The van der Waals surface area contributed by atoms with Crippen LogP contribution in [-0.4, -0.2) is 25.6 Å². The van der Waals surface area contributed by atoms with Crippen LogP contribution in [0.4, 0.5) is 4.39 Å². The second-order valence-electron chi connectivity index (χ2n) is 4.19. The largest absolute Gasteiger partial charge is 0.483 e. The second-order valence-corrected chi connectivity index (χ2v) is 4.19. The van der Waals surface area contributed by atoms with Gasteiger partial charge >= 0.3 is 0 Å². The molecule has 2 N–H and O–H groups in total. The minimum absolute atomic E-state index is 0.0632. The van der Waals surface area contributed by atoms with Crippen LogP contribution in [0.5, 0.6) is 5.75 Å². The fraction of sp³-hybridized carbons (Fsp3) is 0.429. The minimum Gasteiger partial charge on any atom is -0.483 e. The Hall–Kier alpha value is -2.13. The molecule has 1 rings (SSSR count). The van der Waals surface area contributed by atoms with E-state index in [-0.39, 0.29) is 25.0 Å². The SMILES string of the molecule is CCNC(C)c1cc(F)ccc1OCC(=O)NCC#N. The number of ether oxygens (including phenoxy) is 1. The standard InChI is InChI=1S/C14H18FN3O2/c1-3-17-10(2)12-8-11(15)4-5-13(12)20-9-14(19)18-7-6-16/h4-5,8,10,17H,3,7,9H2,1-2H3,(H,18,19). The van der Waals surface area contributed by atoms with Gasteiger partial charge < -0.3 is 15.4 Å². The molecule has 1 atom stereocenters. The van der Waals surface area contributed by atoms with Gasteiger partial charge in [-0.15, -0.1) is 0 Å². The van der Waals surface area contributed by atoms with Crippen molar-refractivity contribution in [3.8, 4) is 11.8 Å². The number of hydrogen-bond acceptors (Lipinski definition) is 4. The van der Waals surface area contributed by atoms with Crippen molar-refractivity contribution in [2.24, 2.45) is 0 Å². The molecule has 6 heteroatoms. The Morgan fingerprint density at radius 2 is 2.30 bits per heavy atom. The highest BCUT2D eigenvalue weighted by atomic mass is 19.1. The van der Waals surface area contributed by atoms with Crippen molar-refractivity contribution < 1.29 is 13.9 Å². The number of nitrogens with one attached hydrogen (secondary N) is 2. The van der Waals surface area contributed by atoms with Crippen molar-refractivity contribution >= 4 is 5.91 Å². The molecule has 1 aromatic carbocycles. The molecular formula is C14H18FN3O2. The highest BCUT2D eigenvalue weighted by Crippen LogP contribution is 2.26. The third kappa shape index (κ3) is 4.86. The Labute approximate surface area is 117 Å². The lowest BCUT2D eigenvalue weighted by molar-refractivity contribution is -0.122. The molecule has 0 spiro atoms. The van der Waals surface area contributed by atoms with Crippen molar-refractivity contribution in [3.05, 3.63) is 29.6 Å². The Kier molecular flexibility index (Phi) is 6.47. The van der Waals surface area contributed by atoms with Crippen LogP contribution in [0.2, 0.25) is 0 Å². The van der Waals surface area contributed by atoms with Crippen molar-refractivity contribution in [2.75, 3.05) is 19.7 Å². The van der Waals surface area contributed by atoms with Gasteiger partial charge in [-0.3, -0.25) is 4.79 Å². The number of nitrogens with zero attached hydrogens (tertiary/aromatic N) is 1. The summed E-state index contributed by atoms with van der Waals surface area (Å²) in [6.07, 6.45) is 0. The molecule has 0 heterocycles. The molecule has 0 aliphatic rings. The van der Waals surface area contributed by atoms with Crippen LogP contribution in [0, 0.1) is 17.1 Å². The third-order valence-corrected chi connectivity index (χ3v) is 2.67. The van der Waals surface area contributed by atoms with E-state index in [9.17, 15) is 9.18 Å². The number of amides is 1. The van der Waals surface area contributed by atoms with Crippen LogP contribution in [0.15, 0.2) is 18.2 Å². The summed E-state index contributed by atoms with van der Waals surface area (Å²) in [4.78, 5) is 11.4. The molecule has 0 bridgehead atoms. The molecule has 20 heavy (non-hydrogen) atoms. The fourth-order valence-corrected chi connectivity index (χ4v) is 1.74. The number of benzene rings is 1. The zero-order valence-electron chi connectivity index (χ0n) is 11.6. The first-order valence-electron chi connectivity index (χ1n) is 6.37. The van der Waals surface area contributed by atoms with Crippen molar-refractivity contribution in [2.45, 2.75) is 19.9 Å². The van der Waals surface area contributed by atoms with E-state index in [1.54, 1.807) is 6.07 Å². The van der Waals surface area contributed by atoms with Crippen molar-refractivity contribution in [1.29, 1.82) is 5.26 Å². The van der Waals surface area contributed by atoms with E-state index in [0.29, 0.717) is 11.3 Å². The predicted molar refractivity (Wildman–Crippen MR) is 72.6 cm³/mol. The van der Waals surface area contributed by atoms with E-state index in [1.807, 2.05) is 13.8 Å². The van der Waals surface area contributed by atoms with E-state index >= 15 is 0 Å². The number of halogens is 1. The lowest BCUT2D eigenvalue weighted by Gasteiger charge is -2.17. The van der Waals surface area contributed by atoms with E-state index < -0.39 is 5.91 Å². The van der Waals surface area contributed by atoms with E-state index in [1.165, 1.54) is 18.2 Å². The summed E-state index contributed by atoms with van der Waals surface area (Å²) in [6.45, 7) is 4.30. The van der Waals surface area contributed by atoms with Gasteiger partial charge in [0.05, 0.1) is 6.07 Å². The summed E-state index contributed by atoms with van der Waals surface area (Å²) >= 11 is 0. The number of rotatable bonds is 7. The maximum Gasteiger partial charge on any atom is 0.258 e. The Bertz CT molecular complexity index is 500. The van der Waals surface area contributed by atoms with E-state index in [2.05, 4.69) is 10.6 Å². The zero-order valence-corrected chi connectivity index (χ0v) is 11.6. The van der Waals surface area contributed by atoms with Gasteiger partial charge in [0.15, 0.2) is 6.61 Å². The maximum atomic E-state index is 13.3. The third-order valence-electron chi connectivity index (χ3n) is 2.67. The fourth-order valence-electron chi connectivity index (χ4n) is 1.74. The van der Waals surface area contributed by atoms with Gasteiger partial charge in [-0.1, -0.05) is 6.92 Å². The summed E-state index contributed by atoms with van der Waals surface area (Å²) < 4.78 is 18.7. The Morgan fingerprint density at radius 1 is 1.55 bits per heavy atom. The smallest absolute Gasteiger partial charge is 0.258 e. The van der Waals surface area contributed by atoms with Crippen LogP contribution in [0.1, 0.15) is 25.5 Å². The highest BCUT2D eigenvalue weighted by molar-refractivity contribution is 5.77. The summed E-state index contributed by atoms with van der Waals surface area (Å²) in [6, 6.07) is 5.88. The molecule has 108 valence electrons. The number of hydrogen-bond donors (Lipinski definition) is 2. The molecule has 1 aromatic rings. The normalized spacial score (nSPS) is 11.5. The molecule has 0 aromatic heterocycles. The molecule has 0 aliphatic carbocycles. The molecule has 1 unspecified atom stereocenters. The summed E-state index contributed by atoms with van der Waals surface area (Å²) in [5.41, 5.74) is 0.653. The first-order chi connectivity index (χ1) is 9.58. The highest BCUT2D eigenvalue weighted by Gasteiger charge is 2.13. The summed E-state index contributed by atoms with van der Waals surface area (Å²) in [7, 11) is 0. The topological polar surface area (TPSA) is 74.2 Å². The van der Waals surface area contributed by atoms with Crippen molar-refractivity contribution in [3.63, 3.8) is 0 Å². The average Bonchev–Trinajstić information content (AvgIpc) is 2.43. The first kappa shape index (κ1) is 15.9. The quantitative estimate of drug-likeness (QED) is 0.742. The minimum atomic E-state index is -0.391. The lowest BCUT2D eigenvalue weighted by atomic mass is 10.1. The average molecular weight is 279 g/mol. The van der Waals surface area contributed by atoms with E-state index in [4.69, 9.17) is 10.00 Å². The summed E-state index contributed by atoms with van der Waals surface area (Å²) in [5.74, 6) is -0.295. The van der Waals surface area contributed by atoms with Crippen LogP contribution in [0.3, 0.4) is 0 Å². The van der Waals surface area contributed by atoms with Gasteiger partial charge in [-0.25, -0.2) is 4.39 Å². The maximum absolute atomic E-state index is 13.3. The summed E-state index contributed by atoms with van der Waals surface area (Å²) in [5, 5.41) is 13.9. The zero-order chi connectivity index (χ0) is 15.0.